The molecule has 0 amide bonds. The van der Waals surface area contributed by atoms with E-state index in [-0.39, 0.29) is 33.8 Å². The van der Waals surface area contributed by atoms with Gasteiger partial charge in [-0.3, -0.25) is 4.79 Å². The molecule has 5 aliphatic rings. The van der Waals surface area contributed by atoms with Gasteiger partial charge in [0.15, 0.2) is 11.5 Å². The van der Waals surface area contributed by atoms with Crippen LogP contribution in [0.5, 0.6) is 11.5 Å². The highest BCUT2D eigenvalue weighted by atomic mass is 16.6. The molecule has 0 aromatic heterocycles. The molecule has 0 aliphatic heterocycles. The quantitative estimate of drug-likeness (QED) is 0.168. The Bertz CT molecular complexity index is 1490. The second-order valence-corrected chi connectivity index (χ2v) is 17.3. The van der Waals surface area contributed by atoms with E-state index < -0.39 is 35.0 Å². The largest absolute Gasteiger partial charge is 0.504 e. The molecule has 7 heteroatoms. The van der Waals surface area contributed by atoms with Crippen LogP contribution in [-0.4, -0.2) is 46.6 Å². The van der Waals surface area contributed by atoms with Crippen molar-refractivity contribution in [2.24, 2.45) is 56.7 Å². The average molecular weight is 649 g/mol. The van der Waals surface area contributed by atoms with Gasteiger partial charge in [0.25, 0.3) is 0 Å². The van der Waals surface area contributed by atoms with E-state index in [1.165, 1.54) is 24.8 Å². The molecule has 6 rings (SSSR count). The molecule has 0 saturated heterocycles. The first-order chi connectivity index (χ1) is 22.0. The number of aliphatic hydroxyl groups is 1. The number of benzene rings is 1. The minimum Gasteiger partial charge on any atom is -0.504 e. The van der Waals surface area contributed by atoms with E-state index in [4.69, 9.17) is 9.47 Å². The second-order valence-electron chi connectivity index (χ2n) is 17.3. The van der Waals surface area contributed by atoms with Crippen LogP contribution in [0.3, 0.4) is 0 Å². The molecule has 0 bridgehead atoms. The summed E-state index contributed by atoms with van der Waals surface area (Å²) in [4.78, 5) is 26.1. The summed E-state index contributed by atoms with van der Waals surface area (Å²) in [6, 6.07) is 4.92. The molecule has 4 saturated carbocycles. The molecule has 7 nitrogen and oxygen atoms in total. The molecule has 47 heavy (non-hydrogen) atoms. The molecule has 0 heterocycles. The average Bonchev–Trinajstić information content (AvgIpc) is 3.00. The summed E-state index contributed by atoms with van der Waals surface area (Å²) in [6.45, 7) is 16.2. The van der Waals surface area contributed by atoms with Crippen LogP contribution < -0.4 is 4.74 Å². The number of phenolic OH excluding ortho intramolecular Hbond substituents is 1. The zero-order chi connectivity index (χ0) is 34.3. The fourth-order valence-electron chi connectivity index (χ4n) is 12.4. The molecule has 1 aromatic rings. The number of ether oxygens (including phenoxy) is 2. The summed E-state index contributed by atoms with van der Waals surface area (Å²) in [5.74, 6) is 0.687. The molecule has 0 radical (unpaired) electrons. The van der Waals surface area contributed by atoms with Gasteiger partial charge >= 0.3 is 11.9 Å². The van der Waals surface area contributed by atoms with Crippen LogP contribution in [0.1, 0.15) is 105 Å². The van der Waals surface area contributed by atoms with Gasteiger partial charge in [0, 0.05) is 11.5 Å². The molecular formula is C40H56O7. The van der Waals surface area contributed by atoms with Crippen molar-refractivity contribution in [1.29, 1.82) is 0 Å². The highest BCUT2D eigenvalue weighted by Gasteiger charge is 2.70. The Labute approximate surface area is 280 Å². The lowest BCUT2D eigenvalue weighted by atomic mass is 9.33. The lowest BCUT2D eigenvalue weighted by Gasteiger charge is -2.71. The Morgan fingerprint density at radius 1 is 0.979 bits per heavy atom. The van der Waals surface area contributed by atoms with Crippen LogP contribution in [0.2, 0.25) is 0 Å². The van der Waals surface area contributed by atoms with E-state index in [1.54, 1.807) is 18.2 Å². The molecule has 258 valence electrons. The second kappa shape index (κ2) is 11.4. The Kier molecular flexibility index (Phi) is 8.26. The summed E-state index contributed by atoms with van der Waals surface area (Å²) < 4.78 is 11.2. The van der Waals surface area contributed by atoms with Gasteiger partial charge < -0.3 is 24.8 Å². The van der Waals surface area contributed by atoms with E-state index >= 15 is 0 Å². The van der Waals surface area contributed by atoms with Gasteiger partial charge in [-0.25, -0.2) is 4.79 Å². The van der Waals surface area contributed by atoms with Crippen LogP contribution in [0, 0.1) is 56.7 Å². The normalized spacial score (nSPS) is 43.9. The van der Waals surface area contributed by atoms with Crippen molar-refractivity contribution in [1.82, 2.24) is 0 Å². The van der Waals surface area contributed by atoms with Crippen molar-refractivity contribution in [3.8, 4) is 11.5 Å². The number of methoxy groups -OCH3 is 1. The van der Waals surface area contributed by atoms with Crippen molar-refractivity contribution >= 4 is 18.0 Å². The predicted octanol–water partition coefficient (Wildman–Crippen LogP) is 8.04. The highest BCUT2D eigenvalue weighted by Crippen LogP contribution is 2.75. The summed E-state index contributed by atoms with van der Waals surface area (Å²) in [5.41, 5.74) is 0.625. The maximum absolute atomic E-state index is 13.1. The first-order valence-electron chi connectivity index (χ1n) is 17.8. The molecule has 4 fully saturated rings. The Morgan fingerprint density at radius 2 is 1.70 bits per heavy atom. The number of fused-ring (bicyclic) bond motifs is 7. The number of aliphatic hydroxyl groups excluding tert-OH is 1. The number of aliphatic carboxylic acids is 1. The molecule has 1 unspecified atom stereocenters. The van der Waals surface area contributed by atoms with Gasteiger partial charge in [0.1, 0.15) is 6.10 Å². The van der Waals surface area contributed by atoms with Crippen LogP contribution >= 0.6 is 0 Å². The third-order valence-electron chi connectivity index (χ3n) is 15.2. The van der Waals surface area contributed by atoms with Crippen LogP contribution in [0.4, 0.5) is 0 Å². The fraction of sp³-hybridized carbons (Fsp3) is 0.700. The minimum absolute atomic E-state index is 0.00813. The Morgan fingerprint density at radius 3 is 2.36 bits per heavy atom. The molecule has 3 N–H and O–H groups in total. The van der Waals surface area contributed by atoms with Gasteiger partial charge in [-0.15, -0.1) is 0 Å². The van der Waals surface area contributed by atoms with Gasteiger partial charge in [-0.2, -0.15) is 0 Å². The number of hydrogen-bond donors (Lipinski definition) is 3. The maximum Gasteiger partial charge on any atom is 0.331 e. The highest BCUT2D eigenvalue weighted by molar-refractivity contribution is 5.87. The minimum atomic E-state index is -0.806. The number of phenols is 1. The smallest absolute Gasteiger partial charge is 0.331 e. The third kappa shape index (κ3) is 4.83. The van der Waals surface area contributed by atoms with Crippen LogP contribution in [0.25, 0.3) is 6.08 Å². The van der Waals surface area contributed by atoms with Crippen molar-refractivity contribution in [3.05, 3.63) is 41.5 Å². The first kappa shape index (κ1) is 34.1. The molecule has 0 spiro atoms. The van der Waals surface area contributed by atoms with Crippen molar-refractivity contribution in [3.63, 3.8) is 0 Å². The lowest BCUT2D eigenvalue weighted by molar-refractivity contribution is -0.238. The van der Waals surface area contributed by atoms with E-state index in [0.29, 0.717) is 35.5 Å². The fourth-order valence-corrected chi connectivity index (χ4v) is 12.4. The zero-order valence-electron chi connectivity index (χ0n) is 29.6. The number of rotatable bonds is 5. The maximum atomic E-state index is 13.1. The summed E-state index contributed by atoms with van der Waals surface area (Å²) in [5, 5.41) is 32.6. The van der Waals surface area contributed by atoms with Gasteiger partial charge in [-0.05, 0) is 121 Å². The summed E-state index contributed by atoms with van der Waals surface area (Å²) >= 11 is 0. The predicted molar refractivity (Wildman–Crippen MR) is 182 cm³/mol. The number of carbonyl (C=O) groups excluding carboxylic acids is 1. The number of carboxylic acids is 1. The number of esters is 1. The number of allylic oxidation sites excluding steroid dienone is 2. The molecular weight excluding hydrogens is 592 g/mol. The number of carbonyl (C=O) groups is 2. The van der Waals surface area contributed by atoms with E-state index in [0.717, 1.165) is 44.9 Å². The van der Waals surface area contributed by atoms with E-state index in [2.05, 4.69) is 54.5 Å². The SMILES string of the molecule is COc1ccc(/C=C\C(=O)O[C@H]2[C@H](O)C[C@]3(C)[C@H]4CC=C5C6[C@@H](C)[C@H](C)CC[C@]6(C(=O)O)CC[C@@]5(C)[C@]4(C)CC[C@H]3C2(C)C)cc1O. The molecule has 5 aliphatic carbocycles. The van der Waals surface area contributed by atoms with Crippen molar-refractivity contribution < 1.29 is 34.4 Å². The number of carboxylic acid groups (broad SMARTS) is 1. The van der Waals surface area contributed by atoms with Crippen molar-refractivity contribution in [2.45, 2.75) is 112 Å². The standard InChI is InChI=1S/C40H56O7/c1-23-15-18-40(35(44)45)20-19-38(6)26(33(40)24(23)2)11-13-31-37(5)22-28(42)34(36(3,4)30(37)16-17-39(31,38)7)47-32(43)14-10-25-9-12-29(46-8)27(41)21-25/h9-12,14,21,23-24,28,30-31,33-34,41-42H,13,15-20,22H2,1-8H3,(H,44,45)/b14-10-/t23-,24+,28-,30+,31-,33?,34+,37+,38-,39-,40+/m1/s1. The summed E-state index contributed by atoms with van der Waals surface area (Å²) in [6.07, 6.45) is 10.8. The van der Waals surface area contributed by atoms with E-state index in [1.807, 2.05) is 0 Å². The van der Waals surface area contributed by atoms with E-state index in [9.17, 15) is 24.9 Å². The molecule has 1 aromatic carbocycles. The van der Waals surface area contributed by atoms with Crippen LogP contribution in [0.15, 0.2) is 35.9 Å². The number of hydrogen-bond acceptors (Lipinski definition) is 6. The Balaban J connectivity index is 1.27. The van der Waals surface area contributed by atoms with Gasteiger partial charge in [0.05, 0.1) is 18.6 Å². The van der Waals surface area contributed by atoms with Crippen molar-refractivity contribution in [2.75, 3.05) is 7.11 Å². The third-order valence-corrected chi connectivity index (χ3v) is 15.2. The van der Waals surface area contributed by atoms with Gasteiger partial charge in [0.2, 0.25) is 0 Å². The lowest BCUT2D eigenvalue weighted by Crippen LogP contribution is -2.67. The number of aromatic hydroxyl groups is 1. The summed E-state index contributed by atoms with van der Waals surface area (Å²) in [7, 11) is 1.48. The topological polar surface area (TPSA) is 113 Å². The van der Waals surface area contributed by atoms with Crippen LogP contribution in [-0.2, 0) is 14.3 Å². The van der Waals surface area contributed by atoms with Gasteiger partial charge in [-0.1, -0.05) is 66.2 Å². The monoisotopic (exact) mass is 648 g/mol. The zero-order valence-corrected chi connectivity index (χ0v) is 29.6. The Hall–Kier alpha value is -2.80. The first-order valence-corrected chi connectivity index (χ1v) is 17.8. The molecule has 11 atom stereocenters.